The fraction of sp³-hybridized carbons (Fsp3) is 0.286. The summed E-state index contributed by atoms with van der Waals surface area (Å²) in [6.45, 7) is 4.57. The minimum atomic E-state index is -1.73. The van der Waals surface area contributed by atoms with Gasteiger partial charge in [0.15, 0.2) is 11.1 Å². The molecule has 2 aromatic carbocycles. The minimum Gasteiger partial charge on any atom is -0.493 e. The Morgan fingerprint density at radius 3 is 2.12 bits per heavy atom. The number of unbranched alkanes of at least 4 members (excludes halogenated alkanes) is 1. The Balaban J connectivity index is 1.99. The summed E-state index contributed by atoms with van der Waals surface area (Å²) in [4.78, 5) is 10.7. The lowest BCUT2D eigenvalue weighted by molar-refractivity contribution is 0.112. The van der Waals surface area contributed by atoms with E-state index in [-0.39, 0.29) is 0 Å². The maximum Gasteiger partial charge on any atom is 0.152 e. The van der Waals surface area contributed by atoms with Crippen LogP contribution in [0, 0.1) is 13.8 Å². The molecular weight excluding hydrogens is 348 g/mol. The highest BCUT2D eigenvalue weighted by Gasteiger charge is 2.06. The molecule has 0 aliphatic carbocycles. The molecule has 0 amide bonds. The number of hydrogen-bond acceptors (Lipinski definition) is 3. The maximum absolute atomic E-state index is 10.7. The van der Waals surface area contributed by atoms with Crippen molar-refractivity contribution in [2.45, 2.75) is 26.7 Å². The van der Waals surface area contributed by atoms with Gasteiger partial charge < -0.3 is 9.29 Å². The molecule has 1 N–H and O–H groups in total. The lowest BCUT2D eigenvalue weighted by atomic mass is 10.0. The van der Waals surface area contributed by atoms with Crippen molar-refractivity contribution < 1.29 is 18.3 Å². The third-order valence-corrected chi connectivity index (χ3v) is 4.62. The molecule has 0 spiro atoms. The molecule has 4 nitrogen and oxygen atoms in total. The fourth-order valence-corrected chi connectivity index (χ4v) is 3.14. The van der Waals surface area contributed by atoms with Crippen molar-refractivity contribution >= 4 is 29.5 Å². The van der Waals surface area contributed by atoms with Crippen molar-refractivity contribution in [2.24, 2.45) is 0 Å². The van der Waals surface area contributed by atoms with E-state index in [1.807, 2.05) is 38.1 Å². The number of rotatable bonds is 9. The second-order valence-corrected chi connectivity index (χ2v) is 7.23. The SMILES string of the molecule is Cc1cc(/C=C/c2ccc(C=O)cc2)cc(C)c1OCCCCS(=O)O. The number of benzene rings is 2. The van der Waals surface area contributed by atoms with Crippen LogP contribution in [0.2, 0.25) is 0 Å². The van der Waals surface area contributed by atoms with Crippen molar-refractivity contribution in [1.29, 1.82) is 0 Å². The van der Waals surface area contributed by atoms with Crippen LogP contribution in [0.15, 0.2) is 36.4 Å². The van der Waals surface area contributed by atoms with Gasteiger partial charge in [-0.1, -0.05) is 36.4 Å². The number of aryl methyl sites for hydroxylation is 2. The zero-order chi connectivity index (χ0) is 18.9. The smallest absolute Gasteiger partial charge is 0.152 e. The lowest BCUT2D eigenvalue weighted by Crippen LogP contribution is -2.03. The minimum absolute atomic E-state index is 0.291. The van der Waals surface area contributed by atoms with E-state index in [1.54, 1.807) is 12.1 Å². The highest BCUT2D eigenvalue weighted by Crippen LogP contribution is 2.26. The first-order chi connectivity index (χ1) is 12.5. The van der Waals surface area contributed by atoms with Crippen LogP contribution >= 0.6 is 0 Å². The van der Waals surface area contributed by atoms with E-state index in [2.05, 4.69) is 12.1 Å². The molecule has 138 valence electrons. The third-order valence-electron chi connectivity index (χ3n) is 3.98. The quantitative estimate of drug-likeness (QED) is 0.301. The predicted octanol–water partition coefficient (Wildman–Crippen LogP) is 4.67. The Labute approximate surface area is 157 Å². The Bertz CT molecular complexity index is 771. The van der Waals surface area contributed by atoms with Gasteiger partial charge in [-0.25, -0.2) is 4.21 Å². The van der Waals surface area contributed by atoms with Gasteiger partial charge in [-0.05, 0) is 61.1 Å². The molecule has 0 fully saturated rings. The predicted molar refractivity (Wildman–Crippen MR) is 107 cm³/mol. The maximum atomic E-state index is 10.7. The number of aldehydes is 1. The zero-order valence-corrected chi connectivity index (χ0v) is 15.9. The van der Waals surface area contributed by atoms with Crippen molar-refractivity contribution in [1.82, 2.24) is 0 Å². The topological polar surface area (TPSA) is 63.6 Å². The van der Waals surface area contributed by atoms with Gasteiger partial charge in [-0.2, -0.15) is 0 Å². The van der Waals surface area contributed by atoms with Crippen LogP contribution in [0.5, 0.6) is 5.75 Å². The molecule has 0 heterocycles. The Morgan fingerprint density at radius 1 is 0.962 bits per heavy atom. The van der Waals surface area contributed by atoms with E-state index in [0.29, 0.717) is 24.3 Å². The van der Waals surface area contributed by atoms with Crippen molar-refractivity contribution in [3.8, 4) is 5.75 Å². The summed E-state index contributed by atoms with van der Waals surface area (Å²) in [5.41, 5.74) is 4.91. The third kappa shape index (κ3) is 6.24. The fourth-order valence-electron chi connectivity index (χ4n) is 2.69. The molecule has 0 radical (unpaired) electrons. The number of carbonyl (C=O) groups excluding carboxylic acids is 1. The average molecular weight is 372 g/mol. The molecule has 0 aliphatic heterocycles. The second-order valence-electron chi connectivity index (χ2n) is 6.18. The van der Waals surface area contributed by atoms with Crippen LogP contribution < -0.4 is 4.74 Å². The first kappa shape index (κ1) is 20.1. The van der Waals surface area contributed by atoms with Gasteiger partial charge in [0.25, 0.3) is 0 Å². The van der Waals surface area contributed by atoms with Crippen molar-refractivity contribution in [3.05, 3.63) is 64.2 Å². The molecule has 2 aromatic rings. The van der Waals surface area contributed by atoms with Gasteiger partial charge in [0, 0.05) is 11.3 Å². The summed E-state index contributed by atoms with van der Waals surface area (Å²) in [6, 6.07) is 11.6. The standard InChI is InChI=1S/C21H24O4S/c1-16-13-20(10-7-18-5-8-19(15-22)9-6-18)14-17(2)21(16)25-11-3-4-12-26(23)24/h5-10,13-15H,3-4,11-12H2,1-2H3,(H,23,24)/b10-7+. The largest absolute Gasteiger partial charge is 0.493 e. The Hall–Kier alpha value is -2.24. The summed E-state index contributed by atoms with van der Waals surface area (Å²) in [5.74, 6) is 1.17. The van der Waals surface area contributed by atoms with Gasteiger partial charge in [0.05, 0.1) is 6.61 Å². The van der Waals surface area contributed by atoms with E-state index in [1.165, 1.54) is 0 Å². The van der Waals surface area contributed by atoms with E-state index in [0.717, 1.165) is 40.7 Å². The molecular formula is C21H24O4S. The summed E-state index contributed by atoms with van der Waals surface area (Å²) < 4.78 is 25.2. The molecule has 1 atom stereocenters. The van der Waals surface area contributed by atoms with E-state index in [4.69, 9.17) is 9.29 Å². The van der Waals surface area contributed by atoms with Crippen LogP contribution in [0.3, 0.4) is 0 Å². The van der Waals surface area contributed by atoms with Crippen LogP contribution in [-0.4, -0.2) is 27.4 Å². The van der Waals surface area contributed by atoms with E-state index < -0.39 is 11.1 Å². The van der Waals surface area contributed by atoms with E-state index >= 15 is 0 Å². The summed E-state index contributed by atoms with van der Waals surface area (Å²) in [6.07, 6.45) is 6.31. The molecule has 0 aliphatic rings. The van der Waals surface area contributed by atoms with Gasteiger partial charge in [-0.15, -0.1) is 0 Å². The Morgan fingerprint density at radius 2 is 1.54 bits per heavy atom. The van der Waals surface area contributed by atoms with Crippen molar-refractivity contribution in [3.63, 3.8) is 0 Å². The lowest BCUT2D eigenvalue weighted by Gasteiger charge is -2.13. The number of ether oxygens (including phenoxy) is 1. The molecule has 0 bridgehead atoms. The van der Waals surface area contributed by atoms with Crippen LogP contribution in [0.25, 0.3) is 12.2 Å². The summed E-state index contributed by atoms with van der Waals surface area (Å²) in [5, 5.41) is 0. The molecule has 2 rings (SSSR count). The summed E-state index contributed by atoms with van der Waals surface area (Å²) in [7, 11) is 0. The van der Waals surface area contributed by atoms with E-state index in [9.17, 15) is 9.00 Å². The van der Waals surface area contributed by atoms with Crippen LogP contribution in [0.1, 0.15) is 45.5 Å². The van der Waals surface area contributed by atoms with Crippen molar-refractivity contribution in [2.75, 3.05) is 12.4 Å². The summed E-state index contributed by atoms with van der Waals surface area (Å²) >= 11 is -1.73. The molecule has 5 heteroatoms. The highest BCUT2D eigenvalue weighted by molar-refractivity contribution is 7.79. The number of hydrogen-bond donors (Lipinski definition) is 1. The molecule has 0 aromatic heterocycles. The van der Waals surface area contributed by atoms with Gasteiger partial charge in [0.1, 0.15) is 12.0 Å². The first-order valence-corrected chi connectivity index (χ1v) is 9.82. The highest BCUT2D eigenvalue weighted by atomic mass is 32.2. The molecule has 0 saturated carbocycles. The zero-order valence-electron chi connectivity index (χ0n) is 15.1. The van der Waals surface area contributed by atoms with Gasteiger partial charge in [0.2, 0.25) is 0 Å². The van der Waals surface area contributed by atoms with Crippen LogP contribution in [-0.2, 0) is 11.1 Å². The second kappa shape index (κ2) is 10.0. The monoisotopic (exact) mass is 372 g/mol. The number of carbonyl (C=O) groups is 1. The molecule has 26 heavy (non-hydrogen) atoms. The van der Waals surface area contributed by atoms with Gasteiger partial charge >= 0.3 is 0 Å². The van der Waals surface area contributed by atoms with Crippen LogP contribution in [0.4, 0.5) is 0 Å². The van der Waals surface area contributed by atoms with Gasteiger partial charge in [-0.3, -0.25) is 4.79 Å². The first-order valence-electron chi connectivity index (χ1n) is 8.54. The molecule has 1 unspecified atom stereocenters. The average Bonchev–Trinajstić information content (AvgIpc) is 2.61. The molecule has 0 saturated heterocycles. The Kier molecular flexibility index (Phi) is 7.75. The normalized spacial score (nSPS) is 12.3.